The molecule has 2 rings (SSSR count). The minimum atomic E-state index is -0.515. The average Bonchev–Trinajstić information content (AvgIpc) is 2.72. The number of carbonyl (C=O) groups excluding carboxylic acids is 2. The molecule has 0 saturated carbocycles. The number of anilines is 1. The summed E-state index contributed by atoms with van der Waals surface area (Å²) in [5, 5.41) is 3.34. The third kappa shape index (κ3) is 4.37. The molecule has 0 unspecified atom stereocenters. The van der Waals surface area contributed by atoms with Crippen LogP contribution in [0.4, 0.5) is 5.00 Å². The maximum absolute atomic E-state index is 12.2. The van der Waals surface area contributed by atoms with Crippen molar-refractivity contribution in [3.8, 4) is 0 Å². The van der Waals surface area contributed by atoms with Gasteiger partial charge in [0.15, 0.2) is 0 Å². The Bertz CT molecular complexity index is 772. The summed E-state index contributed by atoms with van der Waals surface area (Å²) < 4.78 is 1.01. The highest BCUT2D eigenvalue weighted by Crippen LogP contribution is 2.32. The summed E-state index contributed by atoms with van der Waals surface area (Å²) in [5.74, 6) is -0.393. The molecule has 1 aromatic heterocycles. The van der Waals surface area contributed by atoms with Crippen LogP contribution < -0.4 is 11.1 Å². The molecule has 0 fully saturated rings. The Labute approximate surface area is 152 Å². The normalized spacial score (nSPS) is 10.6. The van der Waals surface area contributed by atoms with Gasteiger partial charge in [-0.25, -0.2) is 0 Å². The molecular weight excluding hydrogens is 396 g/mol. The Kier molecular flexibility index (Phi) is 5.89. The number of hydrogen-bond donors (Lipinski definition) is 2. The number of nitrogens with one attached hydrogen (secondary N) is 1. The minimum absolute atomic E-state index is 0.152. The highest BCUT2D eigenvalue weighted by molar-refractivity contribution is 9.10. The summed E-state index contributed by atoms with van der Waals surface area (Å²) in [6.07, 6.45) is 0. The molecule has 0 aliphatic carbocycles. The largest absolute Gasteiger partial charge is 0.365 e. The van der Waals surface area contributed by atoms with Gasteiger partial charge in [0.25, 0.3) is 5.91 Å². The lowest BCUT2D eigenvalue weighted by Gasteiger charge is -2.07. The zero-order valence-corrected chi connectivity index (χ0v) is 16.2. The molecule has 1 aromatic carbocycles. The van der Waals surface area contributed by atoms with Crippen LogP contribution in [0.5, 0.6) is 0 Å². The Hall–Kier alpha value is -1.31. The van der Waals surface area contributed by atoms with Gasteiger partial charge in [-0.05, 0) is 50.1 Å². The second-order valence-corrected chi connectivity index (χ2v) is 8.26. The van der Waals surface area contributed by atoms with Crippen LogP contribution in [0, 0.1) is 20.8 Å². The van der Waals surface area contributed by atoms with Crippen LogP contribution in [0.3, 0.4) is 0 Å². The number of thioether (sulfide) groups is 1. The number of aryl methyl sites for hydroxylation is 2. The number of rotatable bonds is 5. The van der Waals surface area contributed by atoms with E-state index in [1.807, 2.05) is 39.0 Å². The number of thiophene rings is 1. The summed E-state index contributed by atoms with van der Waals surface area (Å²) in [6, 6.07) is 5.94. The van der Waals surface area contributed by atoms with Crippen molar-refractivity contribution in [3.05, 3.63) is 44.2 Å². The van der Waals surface area contributed by atoms with Crippen molar-refractivity contribution in [3.63, 3.8) is 0 Å². The van der Waals surface area contributed by atoms with Crippen molar-refractivity contribution in [2.24, 2.45) is 5.73 Å². The number of primary amides is 1. The van der Waals surface area contributed by atoms with Crippen molar-refractivity contribution in [2.45, 2.75) is 25.7 Å². The Morgan fingerprint density at radius 2 is 2.00 bits per heavy atom. The number of halogens is 1. The standard InChI is InChI=1S/C16H17BrN2O2S2/c1-8-6-11(17)4-5-12(8)22-7-13(20)19-16-14(15(18)21)9(2)10(3)23-16/h4-6H,7H2,1-3H3,(H2,18,21)(H,19,20). The van der Waals surface area contributed by atoms with Gasteiger partial charge in [0.2, 0.25) is 5.91 Å². The highest BCUT2D eigenvalue weighted by Gasteiger charge is 2.19. The van der Waals surface area contributed by atoms with Crippen LogP contribution >= 0.6 is 39.0 Å². The van der Waals surface area contributed by atoms with Crippen molar-refractivity contribution >= 4 is 55.8 Å². The van der Waals surface area contributed by atoms with E-state index >= 15 is 0 Å². The fourth-order valence-corrected chi connectivity index (χ4v) is 4.46. The SMILES string of the molecule is Cc1cc(Br)ccc1SCC(=O)Nc1sc(C)c(C)c1C(N)=O. The number of amides is 2. The molecule has 7 heteroatoms. The Balaban J connectivity index is 2.06. The van der Waals surface area contributed by atoms with Gasteiger partial charge in [-0.15, -0.1) is 23.1 Å². The second-order valence-electron chi connectivity index (χ2n) is 5.10. The molecule has 3 N–H and O–H groups in total. The van der Waals surface area contributed by atoms with E-state index < -0.39 is 5.91 Å². The summed E-state index contributed by atoms with van der Waals surface area (Å²) in [7, 11) is 0. The molecular formula is C16H17BrN2O2S2. The van der Waals surface area contributed by atoms with E-state index in [0.29, 0.717) is 10.6 Å². The van der Waals surface area contributed by atoms with Crippen molar-refractivity contribution in [1.29, 1.82) is 0 Å². The van der Waals surface area contributed by atoms with E-state index in [2.05, 4.69) is 21.2 Å². The fraction of sp³-hybridized carbons (Fsp3) is 0.250. The van der Waals surface area contributed by atoms with E-state index in [0.717, 1.165) is 25.4 Å². The average molecular weight is 413 g/mol. The third-order valence-electron chi connectivity index (χ3n) is 3.38. The topological polar surface area (TPSA) is 72.2 Å². The molecule has 122 valence electrons. The molecule has 2 aromatic rings. The molecule has 23 heavy (non-hydrogen) atoms. The quantitative estimate of drug-likeness (QED) is 0.720. The van der Waals surface area contributed by atoms with E-state index in [1.165, 1.54) is 23.1 Å². The van der Waals surface area contributed by atoms with E-state index in [1.54, 1.807) is 0 Å². The monoisotopic (exact) mass is 412 g/mol. The molecule has 0 atom stereocenters. The van der Waals surface area contributed by atoms with Gasteiger partial charge in [-0.2, -0.15) is 0 Å². The van der Waals surface area contributed by atoms with Crippen LogP contribution in [0.1, 0.15) is 26.4 Å². The van der Waals surface area contributed by atoms with E-state index in [9.17, 15) is 9.59 Å². The van der Waals surface area contributed by atoms with Gasteiger partial charge in [0, 0.05) is 14.2 Å². The number of hydrogen-bond acceptors (Lipinski definition) is 4. The predicted molar refractivity (Wildman–Crippen MR) is 101 cm³/mol. The Morgan fingerprint density at radius 3 is 2.61 bits per heavy atom. The number of benzene rings is 1. The maximum atomic E-state index is 12.2. The summed E-state index contributed by atoms with van der Waals surface area (Å²) >= 11 is 6.26. The van der Waals surface area contributed by atoms with Crippen LogP contribution in [0.15, 0.2) is 27.6 Å². The van der Waals surface area contributed by atoms with E-state index in [-0.39, 0.29) is 11.7 Å². The third-order valence-corrected chi connectivity index (χ3v) is 6.17. The van der Waals surface area contributed by atoms with Gasteiger partial charge in [0.05, 0.1) is 11.3 Å². The summed E-state index contributed by atoms with van der Waals surface area (Å²) in [5.41, 5.74) is 7.76. The molecule has 0 radical (unpaired) electrons. The number of nitrogens with two attached hydrogens (primary N) is 1. The molecule has 4 nitrogen and oxygen atoms in total. The van der Waals surface area contributed by atoms with E-state index in [4.69, 9.17) is 5.73 Å². The van der Waals surface area contributed by atoms with Gasteiger partial charge in [-0.3, -0.25) is 9.59 Å². The smallest absolute Gasteiger partial charge is 0.251 e. The Morgan fingerprint density at radius 1 is 1.30 bits per heavy atom. The second kappa shape index (κ2) is 7.51. The first-order valence-electron chi connectivity index (χ1n) is 6.88. The zero-order chi connectivity index (χ0) is 17.1. The van der Waals surface area contributed by atoms with Gasteiger partial charge in [-0.1, -0.05) is 15.9 Å². The van der Waals surface area contributed by atoms with Crippen LogP contribution in [-0.2, 0) is 4.79 Å². The molecule has 0 aliphatic rings. The fourth-order valence-electron chi connectivity index (χ4n) is 2.09. The summed E-state index contributed by atoms with van der Waals surface area (Å²) in [4.78, 5) is 25.8. The predicted octanol–water partition coefficient (Wildman–Crippen LogP) is 4.27. The van der Waals surface area contributed by atoms with Crippen molar-refractivity contribution < 1.29 is 9.59 Å². The molecule has 0 aliphatic heterocycles. The lowest BCUT2D eigenvalue weighted by molar-refractivity contribution is -0.113. The van der Waals surface area contributed by atoms with Gasteiger partial charge in [0.1, 0.15) is 5.00 Å². The first kappa shape index (κ1) is 18.0. The lowest BCUT2D eigenvalue weighted by atomic mass is 10.1. The lowest BCUT2D eigenvalue weighted by Crippen LogP contribution is -2.18. The molecule has 2 amide bonds. The molecule has 1 heterocycles. The van der Waals surface area contributed by atoms with Crippen molar-refractivity contribution in [1.82, 2.24) is 0 Å². The van der Waals surface area contributed by atoms with Crippen molar-refractivity contribution in [2.75, 3.05) is 11.1 Å². The molecule has 0 spiro atoms. The van der Waals surface area contributed by atoms with Crippen LogP contribution in [-0.4, -0.2) is 17.6 Å². The first-order valence-corrected chi connectivity index (χ1v) is 9.47. The van der Waals surface area contributed by atoms with Crippen LogP contribution in [0.25, 0.3) is 0 Å². The zero-order valence-electron chi connectivity index (χ0n) is 13.0. The summed E-state index contributed by atoms with van der Waals surface area (Å²) in [6.45, 7) is 5.74. The minimum Gasteiger partial charge on any atom is -0.365 e. The molecule has 0 saturated heterocycles. The molecule has 0 bridgehead atoms. The first-order chi connectivity index (χ1) is 10.8. The number of carbonyl (C=O) groups is 2. The van der Waals surface area contributed by atoms with Gasteiger partial charge < -0.3 is 11.1 Å². The highest BCUT2D eigenvalue weighted by atomic mass is 79.9. The van der Waals surface area contributed by atoms with Crippen LogP contribution in [0.2, 0.25) is 0 Å². The van der Waals surface area contributed by atoms with Gasteiger partial charge >= 0.3 is 0 Å². The maximum Gasteiger partial charge on any atom is 0.251 e.